The van der Waals surface area contributed by atoms with Gasteiger partial charge < -0.3 is 5.32 Å². The van der Waals surface area contributed by atoms with Gasteiger partial charge in [-0.3, -0.25) is 10.1 Å². The summed E-state index contributed by atoms with van der Waals surface area (Å²) < 4.78 is 23.9. The van der Waals surface area contributed by atoms with E-state index in [4.69, 9.17) is 16.7 Å². The van der Waals surface area contributed by atoms with Gasteiger partial charge in [-0.15, -0.1) is 23.4 Å². The molecular formula is C21H24ClN3O4S2. The van der Waals surface area contributed by atoms with E-state index in [1.165, 1.54) is 23.9 Å². The number of nitrogens with one attached hydrogen (secondary N) is 1. The van der Waals surface area contributed by atoms with Gasteiger partial charge in [0, 0.05) is 29.0 Å². The lowest BCUT2D eigenvalue weighted by atomic mass is 9.76. The molecule has 31 heavy (non-hydrogen) atoms. The number of hydrogen-bond donors (Lipinski definition) is 2. The average Bonchev–Trinajstić information content (AvgIpc) is 3.02. The first-order valence-electron chi connectivity index (χ1n) is 10.1. The lowest BCUT2D eigenvalue weighted by molar-refractivity contribution is -0.387. The third kappa shape index (κ3) is 4.16. The molecule has 1 heterocycles. The minimum Gasteiger partial charge on any atom is -0.382 e. The summed E-state index contributed by atoms with van der Waals surface area (Å²) in [6.45, 7) is 4.29. The van der Waals surface area contributed by atoms with Gasteiger partial charge in [-0.05, 0) is 48.1 Å². The number of benzene rings is 2. The molecule has 1 fully saturated rings. The molecule has 2 aliphatic rings. The van der Waals surface area contributed by atoms with Crippen LogP contribution in [0, 0.1) is 22.0 Å². The number of thioether (sulfide) groups is 1. The highest BCUT2D eigenvalue weighted by atomic mass is 35.5. The van der Waals surface area contributed by atoms with Gasteiger partial charge in [0.05, 0.1) is 20.1 Å². The Morgan fingerprint density at radius 1 is 1.26 bits per heavy atom. The minimum absolute atomic E-state index is 0.0510. The summed E-state index contributed by atoms with van der Waals surface area (Å²) in [6.07, 6.45) is 0.768. The highest BCUT2D eigenvalue weighted by molar-refractivity contribution is 8.00. The van der Waals surface area contributed by atoms with Gasteiger partial charge in [-0.2, -0.15) is 0 Å². The van der Waals surface area contributed by atoms with Gasteiger partial charge in [0.2, 0.25) is 10.0 Å². The molecule has 3 N–H and O–H groups in total. The number of fused-ring (bicyclic) bond motifs is 3. The lowest BCUT2D eigenvalue weighted by Crippen LogP contribution is -2.40. The minimum atomic E-state index is -3.84. The molecule has 10 heteroatoms. The Labute approximate surface area is 190 Å². The number of hydrogen-bond acceptors (Lipinski definition) is 6. The molecule has 7 nitrogen and oxygen atoms in total. The second-order valence-corrected chi connectivity index (χ2v) is 11.8. The number of halogens is 1. The topological polar surface area (TPSA) is 115 Å². The van der Waals surface area contributed by atoms with Crippen molar-refractivity contribution in [1.29, 1.82) is 0 Å². The molecule has 0 radical (unpaired) electrons. The predicted molar refractivity (Wildman–Crippen MR) is 123 cm³/mol. The van der Waals surface area contributed by atoms with Crippen LogP contribution in [0.1, 0.15) is 31.7 Å². The monoisotopic (exact) mass is 481 g/mol. The van der Waals surface area contributed by atoms with Gasteiger partial charge in [-0.25, -0.2) is 13.6 Å². The number of nitrogens with zero attached hydrogens (tertiary/aromatic N) is 1. The van der Waals surface area contributed by atoms with Crippen LogP contribution < -0.4 is 10.5 Å². The number of para-hydroxylation sites is 1. The zero-order valence-electron chi connectivity index (χ0n) is 17.1. The average molecular weight is 482 g/mol. The first-order valence-corrected chi connectivity index (χ1v) is 12.9. The molecule has 2 aromatic carbocycles. The molecule has 4 rings (SSSR count). The first kappa shape index (κ1) is 22.4. The maximum absolute atomic E-state index is 11.9. The molecule has 5 atom stereocenters. The van der Waals surface area contributed by atoms with E-state index in [-0.39, 0.29) is 44.0 Å². The van der Waals surface area contributed by atoms with Crippen molar-refractivity contribution in [3.63, 3.8) is 0 Å². The summed E-state index contributed by atoms with van der Waals surface area (Å²) in [5.74, 6) is 0.426. The molecule has 0 unspecified atom stereocenters. The Balaban J connectivity index is 1.73. The van der Waals surface area contributed by atoms with Crippen LogP contribution in [-0.2, 0) is 10.0 Å². The molecule has 0 saturated heterocycles. The van der Waals surface area contributed by atoms with E-state index in [1.54, 1.807) is 30.3 Å². The van der Waals surface area contributed by atoms with Crippen molar-refractivity contribution in [2.75, 3.05) is 5.32 Å². The standard InChI is InChI=1S/C21H24ClN3O4S2/c1-11(2)21-14-10-18(30-17-6-4-3-5-16(17)25(26)27)20(22)19(14)13-9-12(31(23,28)29)7-8-15(13)24-21/h3-9,11,14,18-21,24H,10H2,1-2H3,(H2,23,28,29)/t14-,18+,19-,20+,21-/m0/s1. The quantitative estimate of drug-likeness (QED) is 0.367. The van der Waals surface area contributed by atoms with E-state index in [2.05, 4.69) is 19.2 Å². The Kier molecular flexibility index (Phi) is 5.97. The fourth-order valence-electron chi connectivity index (χ4n) is 4.84. The lowest BCUT2D eigenvalue weighted by Gasteiger charge is -2.40. The van der Waals surface area contributed by atoms with Crippen LogP contribution in [0.4, 0.5) is 11.4 Å². The van der Waals surface area contributed by atoms with Crippen molar-refractivity contribution in [2.24, 2.45) is 17.0 Å². The maximum Gasteiger partial charge on any atom is 0.282 e. The third-order valence-electron chi connectivity index (χ3n) is 6.22. The van der Waals surface area contributed by atoms with Crippen molar-refractivity contribution < 1.29 is 13.3 Å². The Bertz CT molecular complexity index is 1130. The molecular weight excluding hydrogens is 458 g/mol. The van der Waals surface area contributed by atoms with E-state index in [0.717, 1.165) is 17.7 Å². The summed E-state index contributed by atoms with van der Waals surface area (Å²) in [6, 6.07) is 11.7. The van der Waals surface area contributed by atoms with Gasteiger partial charge in [-0.1, -0.05) is 26.0 Å². The van der Waals surface area contributed by atoms with E-state index in [1.807, 2.05) is 0 Å². The molecule has 2 aromatic rings. The number of nitro benzene ring substituents is 1. The smallest absolute Gasteiger partial charge is 0.282 e. The summed E-state index contributed by atoms with van der Waals surface area (Å²) in [5, 5.41) is 20.0. The van der Waals surface area contributed by atoms with Crippen molar-refractivity contribution in [3.8, 4) is 0 Å². The molecule has 0 spiro atoms. The predicted octanol–water partition coefficient (Wildman–Crippen LogP) is 4.56. The van der Waals surface area contributed by atoms with Crippen LogP contribution in [0.15, 0.2) is 52.3 Å². The molecule has 166 valence electrons. The number of sulfonamides is 1. The van der Waals surface area contributed by atoms with E-state index in [9.17, 15) is 18.5 Å². The van der Waals surface area contributed by atoms with E-state index >= 15 is 0 Å². The number of alkyl halides is 1. The Morgan fingerprint density at radius 2 is 1.97 bits per heavy atom. The Hall–Kier alpha value is -1.81. The molecule has 0 bridgehead atoms. The van der Waals surface area contributed by atoms with Gasteiger partial charge in [0.1, 0.15) is 0 Å². The van der Waals surface area contributed by atoms with Gasteiger partial charge in [0.15, 0.2) is 0 Å². The van der Waals surface area contributed by atoms with Crippen LogP contribution in [0.25, 0.3) is 0 Å². The number of primary sulfonamides is 1. The van der Waals surface area contributed by atoms with E-state index in [0.29, 0.717) is 10.8 Å². The zero-order chi connectivity index (χ0) is 22.5. The molecule has 0 aromatic heterocycles. The summed E-state index contributed by atoms with van der Waals surface area (Å²) in [5.41, 5.74) is 1.79. The molecule has 1 saturated carbocycles. The first-order chi connectivity index (χ1) is 14.6. The number of nitro groups is 1. The summed E-state index contributed by atoms with van der Waals surface area (Å²) in [7, 11) is -3.84. The fourth-order valence-corrected chi connectivity index (χ4v) is 7.33. The van der Waals surface area contributed by atoms with E-state index < -0.39 is 10.0 Å². The molecule has 1 aliphatic heterocycles. The van der Waals surface area contributed by atoms with Crippen LogP contribution in [0.5, 0.6) is 0 Å². The van der Waals surface area contributed by atoms with Crippen LogP contribution in [0.3, 0.4) is 0 Å². The fraction of sp³-hybridized carbons (Fsp3) is 0.429. The number of rotatable bonds is 5. The molecule has 0 amide bonds. The maximum atomic E-state index is 11.9. The number of anilines is 1. The van der Waals surface area contributed by atoms with Crippen LogP contribution >= 0.6 is 23.4 Å². The highest BCUT2D eigenvalue weighted by Gasteiger charge is 2.50. The molecule has 1 aliphatic carbocycles. The van der Waals surface area contributed by atoms with Crippen molar-refractivity contribution >= 4 is 44.8 Å². The van der Waals surface area contributed by atoms with Gasteiger partial charge in [0.25, 0.3) is 5.69 Å². The SMILES string of the molecule is CC(C)[C@@H]1Nc2ccc(S(N)(=O)=O)cc2[C@@H]2[C@H](Cl)[C@H](Sc3ccccc3[N+](=O)[O-])C[C@@H]21. The number of nitrogens with two attached hydrogens (primary N) is 1. The van der Waals surface area contributed by atoms with Gasteiger partial charge >= 0.3 is 0 Å². The Morgan fingerprint density at radius 3 is 2.61 bits per heavy atom. The van der Waals surface area contributed by atoms with Crippen molar-refractivity contribution in [2.45, 2.75) is 52.6 Å². The normalized spacial score (nSPS) is 27.5. The largest absolute Gasteiger partial charge is 0.382 e. The second-order valence-electron chi connectivity index (χ2n) is 8.46. The van der Waals surface area contributed by atoms with Crippen molar-refractivity contribution in [1.82, 2.24) is 0 Å². The van der Waals surface area contributed by atoms with Crippen molar-refractivity contribution in [3.05, 3.63) is 58.1 Å². The van der Waals surface area contributed by atoms with Crippen LogP contribution in [0.2, 0.25) is 0 Å². The third-order valence-corrected chi connectivity index (χ3v) is 9.24. The van der Waals surface area contributed by atoms with Crippen LogP contribution in [-0.4, -0.2) is 30.0 Å². The zero-order valence-corrected chi connectivity index (χ0v) is 19.5. The second kappa shape index (κ2) is 8.27. The summed E-state index contributed by atoms with van der Waals surface area (Å²) in [4.78, 5) is 11.7. The summed E-state index contributed by atoms with van der Waals surface area (Å²) >= 11 is 8.43. The highest BCUT2D eigenvalue weighted by Crippen LogP contribution is 2.56.